The van der Waals surface area contributed by atoms with Gasteiger partial charge in [-0.1, -0.05) is 0 Å². The van der Waals surface area contributed by atoms with Crippen LogP contribution in [0.25, 0.3) is 0 Å². The van der Waals surface area contributed by atoms with E-state index in [1.54, 1.807) is 0 Å². The second kappa shape index (κ2) is 4.78. The number of halogens is 3. The van der Waals surface area contributed by atoms with Crippen molar-refractivity contribution < 1.29 is 31.5 Å². The number of alkyl halides is 3. The average Bonchev–Trinajstić information content (AvgIpc) is 2.82. The number of carboxylic acids is 1. The van der Waals surface area contributed by atoms with E-state index in [9.17, 15) is 26.4 Å². The zero-order valence-electron chi connectivity index (χ0n) is 8.57. The van der Waals surface area contributed by atoms with E-state index in [0.29, 0.717) is 12.8 Å². The van der Waals surface area contributed by atoms with Crippen LogP contribution in [0.3, 0.4) is 0 Å². The summed E-state index contributed by atoms with van der Waals surface area (Å²) in [6.45, 7) is -3.04. The molecule has 1 fully saturated rings. The summed E-state index contributed by atoms with van der Waals surface area (Å²) >= 11 is 0. The lowest BCUT2D eigenvalue weighted by Gasteiger charge is -2.21. The Morgan fingerprint density at radius 3 is 2.29 bits per heavy atom. The number of carboxylic acid groups (broad SMARTS) is 1. The molecule has 0 saturated heterocycles. The summed E-state index contributed by atoms with van der Waals surface area (Å²) in [4.78, 5) is 10.3. The van der Waals surface area contributed by atoms with Gasteiger partial charge in [0.15, 0.2) is 0 Å². The van der Waals surface area contributed by atoms with Crippen LogP contribution in [0, 0.1) is 0 Å². The average molecular weight is 276 g/mol. The Kier molecular flexibility index (Phi) is 3.99. The van der Waals surface area contributed by atoms with Crippen LogP contribution < -0.4 is 4.72 Å². The summed E-state index contributed by atoms with van der Waals surface area (Å²) in [5, 5.41) is 8.39. The lowest BCUT2D eigenvalue weighted by atomic mass is 10.6. The molecule has 1 aliphatic carbocycles. The molecule has 0 unspecified atom stereocenters. The van der Waals surface area contributed by atoms with Gasteiger partial charge in [0.25, 0.3) is 10.2 Å². The number of nitrogens with zero attached hydrogens (tertiary/aromatic N) is 1. The van der Waals surface area contributed by atoms with E-state index >= 15 is 0 Å². The van der Waals surface area contributed by atoms with Crippen LogP contribution in [0.4, 0.5) is 13.2 Å². The summed E-state index contributed by atoms with van der Waals surface area (Å²) in [5.74, 6) is -1.64. The van der Waals surface area contributed by atoms with E-state index in [1.807, 2.05) is 4.72 Å². The van der Waals surface area contributed by atoms with Crippen LogP contribution in [-0.2, 0) is 15.0 Å². The summed E-state index contributed by atoms with van der Waals surface area (Å²) < 4.78 is 61.1. The number of aliphatic carboxylic acids is 1. The van der Waals surface area contributed by atoms with Crippen LogP contribution >= 0.6 is 0 Å². The van der Waals surface area contributed by atoms with E-state index in [2.05, 4.69) is 0 Å². The molecule has 1 aliphatic rings. The normalized spacial score (nSPS) is 17.4. The maximum atomic E-state index is 12.1. The number of nitrogens with one attached hydrogen (secondary N) is 1. The number of rotatable bonds is 6. The van der Waals surface area contributed by atoms with Crippen molar-refractivity contribution in [2.45, 2.75) is 25.1 Å². The second-order valence-electron chi connectivity index (χ2n) is 3.67. The maximum absolute atomic E-state index is 12.1. The van der Waals surface area contributed by atoms with Crippen molar-refractivity contribution in [1.29, 1.82) is 0 Å². The molecule has 1 rings (SSSR count). The molecule has 0 aromatic carbocycles. The third kappa shape index (κ3) is 5.33. The van der Waals surface area contributed by atoms with Gasteiger partial charge in [-0.3, -0.25) is 4.79 Å². The molecular weight excluding hydrogens is 265 g/mol. The molecule has 0 heterocycles. The summed E-state index contributed by atoms with van der Waals surface area (Å²) in [6, 6.07) is -0.385. The highest BCUT2D eigenvalue weighted by molar-refractivity contribution is 7.87. The predicted octanol–water partition coefficient (Wildman–Crippen LogP) is -0.0679. The first-order chi connectivity index (χ1) is 7.60. The highest BCUT2D eigenvalue weighted by Crippen LogP contribution is 2.22. The molecule has 0 aromatic heterocycles. The van der Waals surface area contributed by atoms with Gasteiger partial charge in [-0.25, -0.2) is 0 Å². The number of carbonyl (C=O) groups is 1. The smallest absolute Gasteiger partial charge is 0.402 e. The minimum absolute atomic E-state index is 0.131. The standard InChI is InChI=1S/C7H11F3N2O4S/c8-7(9,10)4-12(3-6(13)14)17(15,16)11-5-1-2-5/h5,11H,1-4H2,(H,13,14). The first-order valence-corrected chi connectivity index (χ1v) is 6.10. The van der Waals surface area contributed by atoms with E-state index in [1.165, 1.54) is 0 Å². The zero-order valence-corrected chi connectivity index (χ0v) is 9.38. The highest BCUT2D eigenvalue weighted by atomic mass is 32.2. The van der Waals surface area contributed by atoms with Crippen molar-refractivity contribution in [2.75, 3.05) is 13.1 Å². The molecule has 0 bridgehead atoms. The number of hydrogen-bond acceptors (Lipinski definition) is 3. The van der Waals surface area contributed by atoms with Gasteiger partial charge in [-0.15, -0.1) is 0 Å². The lowest BCUT2D eigenvalue weighted by Crippen LogP contribution is -2.48. The Morgan fingerprint density at radius 2 is 1.94 bits per heavy atom. The third-order valence-electron chi connectivity index (χ3n) is 1.90. The van der Waals surface area contributed by atoms with Gasteiger partial charge in [0.05, 0.1) is 0 Å². The van der Waals surface area contributed by atoms with E-state index in [4.69, 9.17) is 5.11 Å². The molecule has 6 nitrogen and oxygen atoms in total. The highest BCUT2D eigenvalue weighted by Gasteiger charge is 2.39. The summed E-state index contributed by atoms with van der Waals surface area (Å²) in [5.41, 5.74) is 0. The second-order valence-corrected chi connectivity index (χ2v) is 5.38. The first kappa shape index (κ1) is 14.2. The first-order valence-electron chi connectivity index (χ1n) is 4.66. The minimum Gasteiger partial charge on any atom is -0.480 e. The van der Waals surface area contributed by atoms with E-state index in [0.717, 1.165) is 0 Å². The molecule has 0 radical (unpaired) electrons. The van der Waals surface area contributed by atoms with Crippen molar-refractivity contribution in [3.8, 4) is 0 Å². The largest absolute Gasteiger partial charge is 0.480 e. The van der Waals surface area contributed by atoms with E-state index in [-0.39, 0.29) is 10.3 Å². The monoisotopic (exact) mass is 276 g/mol. The van der Waals surface area contributed by atoms with Crippen molar-refractivity contribution in [3.05, 3.63) is 0 Å². The van der Waals surface area contributed by atoms with Gasteiger partial charge < -0.3 is 5.11 Å². The fraction of sp³-hybridized carbons (Fsp3) is 0.857. The molecule has 0 aromatic rings. The van der Waals surface area contributed by atoms with E-state index < -0.39 is 35.4 Å². The summed E-state index contributed by atoms with van der Waals surface area (Å²) in [7, 11) is -4.40. The van der Waals surface area contributed by atoms with Gasteiger partial charge >= 0.3 is 12.1 Å². The molecule has 1 saturated carbocycles. The van der Waals surface area contributed by atoms with Crippen LogP contribution in [0.2, 0.25) is 0 Å². The van der Waals surface area contributed by atoms with Gasteiger partial charge in [-0.05, 0) is 12.8 Å². The molecule has 2 N–H and O–H groups in total. The molecule has 17 heavy (non-hydrogen) atoms. The SMILES string of the molecule is O=C(O)CN(CC(F)(F)F)S(=O)(=O)NC1CC1. The minimum atomic E-state index is -4.78. The van der Waals surface area contributed by atoms with Crippen LogP contribution in [0.5, 0.6) is 0 Å². The zero-order chi connectivity index (χ0) is 13.3. The fourth-order valence-corrected chi connectivity index (χ4v) is 2.47. The molecule has 0 spiro atoms. The molecule has 100 valence electrons. The molecule has 10 heteroatoms. The summed E-state index contributed by atoms with van der Waals surface area (Å²) in [6.07, 6.45) is -3.69. The Balaban J connectivity index is 2.76. The molecule has 0 aliphatic heterocycles. The molecular formula is C7H11F3N2O4S. The van der Waals surface area contributed by atoms with Gasteiger partial charge in [0.2, 0.25) is 0 Å². The Bertz CT molecular complexity index is 390. The third-order valence-corrected chi connectivity index (χ3v) is 3.47. The Hall–Kier alpha value is -0.870. The quantitative estimate of drug-likeness (QED) is 0.711. The van der Waals surface area contributed by atoms with Gasteiger partial charge in [0.1, 0.15) is 13.1 Å². The van der Waals surface area contributed by atoms with Crippen LogP contribution in [-0.4, -0.2) is 49.1 Å². The Morgan fingerprint density at radius 1 is 1.41 bits per heavy atom. The fourth-order valence-electron chi connectivity index (χ4n) is 1.06. The van der Waals surface area contributed by atoms with Crippen LogP contribution in [0.1, 0.15) is 12.8 Å². The lowest BCUT2D eigenvalue weighted by molar-refractivity contribution is -0.146. The van der Waals surface area contributed by atoms with Crippen molar-refractivity contribution >= 4 is 16.2 Å². The van der Waals surface area contributed by atoms with Crippen LogP contribution in [0.15, 0.2) is 0 Å². The topological polar surface area (TPSA) is 86.7 Å². The van der Waals surface area contributed by atoms with Gasteiger partial charge in [-0.2, -0.15) is 30.6 Å². The van der Waals surface area contributed by atoms with Crippen molar-refractivity contribution in [3.63, 3.8) is 0 Å². The molecule has 0 atom stereocenters. The van der Waals surface area contributed by atoms with Crippen molar-refractivity contribution in [1.82, 2.24) is 9.03 Å². The Labute approximate surface area is 95.6 Å². The molecule has 0 amide bonds. The predicted molar refractivity (Wildman–Crippen MR) is 50.3 cm³/mol. The maximum Gasteiger partial charge on any atom is 0.402 e. The number of hydrogen-bond donors (Lipinski definition) is 2. The van der Waals surface area contributed by atoms with Crippen molar-refractivity contribution in [2.24, 2.45) is 0 Å². The van der Waals surface area contributed by atoms with Gasteiger partial charge in [0, 0.05) is 6.04 Å².